The Hall–Kier alpha value is -2.54. The van der Waals surface area contributed by atoms with Gasteiger partial charge in [0.25, 0.3) is 0 Å². The predicted octanol–water partition coefficient (Wildman–Crippen LogP) is 5.04. The highest BCUT2D eigenvalue weighted by Gasteiger charge is 2.32. The number of thioether (sulfide) groups is 1. The lowest BCUT2D eigenvalue weighted by Crippen LogP contribution is -2.23. The number of pyridine rings is 2. The van der Waals surface area contributed by atoms with Gasteiger partial charge in [-0.1, -0.05) is 31.3 Å². The molecule has 0 bridgehead atoms. The summed E-state index contributed by atoms with van der Waals surface area (Å²) in [6, 6.07) is 7.76. The first-order chi connectivity index (χ1) is 14.6. The van der Waals surface area contributed by atoms with Crippen LogP contribution in [0.1, 0.15) is 30.7 Å². The summed E-state index contributed by atoms with van der Waals surface area (Å²) in [4.78, 5) is 13.8. The van der Waals surface area contributed by atoms with Crippen molar-refractivity contribution in [2.45, 2.75) is 25.1 Å². The highest BCUT2D eigenvalue weighted by Crippen LogP contribution is 2.48. The second-order valence-corrected chi connectivity index (χ2v) is 9.03. The van der Waals surface area contributed by atoms with Crippen molar-refractivity contribution in [3.63, 3.8) is 0 Å². The average Bonchev–Trinajstić information content (AvgIpc) is 3.32. The van der Waals surface area contributed by atoms with E-state index in [1.54, 1.807) is 18.0 Å². The lowest BCUT2D eigenvalue weighted by molar-refractivity contribution is 0.384. The van der Waals surface area contributed by atoms with Gasteiger partial charge < -0.3 is 15.1 Å². The number of nitrogens with one attached hydrogen (secondary N) is 1. The van der Waals surface area contributed by atoms with E-state index in [0.29, 0.717) is 11.5 Å². The molecule has 0 radical (unpaired) electrons. The van der Waals surface area contributed by atoms with Crippen LogP contribution in [0.15, 0.2) is 59.9 Å². The molecule has 0 aliphatic carbocycles. The third-order valence-corrected chi connectivity index (χ3v) is 7.16. The van der Waals surface area contributed by atoms with Gasteiger partial charge in [-0.05, 0) is 36.6 Å². The van der Waals surface area contributed by atoms with E-state index in [0.717, 1.165) is 54.6 Å². The molecule has 158 valence electrons. The SMILES string of the molecule is C=CC1=C(CCNc2cccnc2)N(C)C(c2ccc(N3CCC(C)C3)nc2F)S1. The molecule has 0 amide bonds. The maximum atomic E-state index is 15.0. The zero-order chi connectivity index (χ0) is 21.1. The largest absolute Gasteiger partial charge is 0.383 e. The summed E-state index contributed by atoms with van der Waals surface area (Å²) in [5.41, 5.74) is 2.77. The molecule has 2 aliphatic heterocycles. The van der Waals surface area contributed by atoms with E-state index >= 15 is 4.39 Å². The van der Waals surface area contributed by atoms with Crippen molar-refractivity contribution in [1.29, 1.82) is 0 Å². The maximum absolute atomic E-state index is 15.0. The van der Waals surface area contributed by atoms with E-state index in [-0.39, 0.29) is 11.3 Å². The van der Waals surface area contributed by atoms with Crippen molar-refractivity contribution in [3.8, 4) is 0 Å². The second kappa shape index (κ2) is 9.08. The summed E-state index contributed by atoms with van der Waals surface area (Å²) in [5, 5.41) is 3.25. The summed E-state index contributed by atoms with van der Waals surface area (Å²) in [6.45, 7) is 8.85. The van der Waals surface area contributed by atoms with Gasteiger partial charge in [0.05, 0.1) is 5.69 Å². The van der Waals surface area contributed by atoms with Gasteiger partial charge in [0.15, 0.2) is 0 Å². The van der Waals surface area contributed by atoms with Gasteiger partial charge in [0, 0.05) is 61.7 Å². The zero-order valence-corrected chi connectivity index (χ0v) is 18.3. The molecule has 2 atom stereocenters. The van der Waals surface area contributed by atoms with Crippen LogP contribution >= 0.6 is 11.8 Å². The van der Waals surface area contributed by atoms with Gasteiger partial charge in [-0.15, -0.1) is 0 Å². The van der Waals surface area contributed by atoms with Crippen molar-refractivity contribution < 1.29 is 4.39 Å². The number of halogens is 1. The molecule has 0 saturated carbocycles. The second-order valence-electron chi connectivity index (χ2n) is 7.90. The fraction of sp³-hybridized carbons (Fsp3) is 0.391. The molecule has 2 aliphatic rings. The van der Waals surface area contributed by atoms with Gasteiger partial charge in [-0.2, -0.15) is 4.39 Å². The number of allylic oxidation sites excluding steroid dienone is 1. The summed E-state index contributed by atoms with van der Waals surface area (Å²) >= 11 is 1.63. The summed E-state index contributed by atoms with van der Waals surface area (Å²) < 4.78 is 15.0. The molecule has 5 nitrogen and oxygen atoms in total. The molecule has 2 aromatic heterocycles. The van der Waals surface area contributed by atoms with Crippen LogP contribution < -0.4 is 10.2 Å². The van der Waals surface area contributed by atoms with Crippen molar-refractivity contribution in [3.05, 3.63) is 71.4 Å². The fourth-order valence-electron chi connectivity index (χ4n) is 4.05. The third kappa shape index (κ3) is 4.31. The Morgan fingerprint density at radius 1 is 1.37 bits per heavy atom. The molecule has 7 heteroatoms. The lowest BCUT2D eigenvalue weighted by Gasteiger charge is -2.25. The molecule has 1 fully saturated rings. The van der Waals surface area contributed by atoms with E-state index in [1.165, 1.54) is 0 Å². The van der Waals surface area contributed by atoms with Gasteiger partial charge in [0.1, 0.15) is 11.2 Å². The Labute approximate surface area is 182 Å². The number of rotatable bonds is 7. The number of hydrogen-bond donors (Lipinski definition) is 1. The Morgan fingerprint density at radius 3 is 2.90 bits per heavy atom. The molecule has 0 aromatic carbocycles. The van der Waals surface area contributed by atoms with E-state index in [4.69, 9.17) is 0 Å². The predicted molar refractivity (Wildman–Crippen MR) is 123 cm³/mol. The van der Waals surface area contributed by atoms with Gasteiger partial charge in [-0.3, -0.25) is 4.98 Å². The topological polar surface area (TPSA) is 44.3 Å². The summed E-state index contributed by atoms with van der Waals surface area (Å²) in [5.74, 6) is 0.992. The van der Waals surface area contributed by atoms with Crippen LogP contribution in [0.2, 0.25) is 0 Å². The smallest absolute Gasteiger partial charge is 0.220 e. The maximum Gasteiger partial charge on any atom is 0.220 e. The first kappa shape index (κ1) is 20.7. The average molecular weight is 426 g/mol. The first-order valence-electron chi connectivity index (χ1n) is 10.4. The van der Waals surface area contributed by atoms with Crippen LogP contribution in [0.25, 0.3) is 0 Å². The van der Waals surface area contributed by atoms with Crippen LogP contribution in [0, 0.1) is 11.9 Å². The molecule has 1 N–H and O–H groups in total. The summed E-state index contributed by atoms with van der Waals surface area (Å²) in [7, 11) is 2.02. The normalized spacial score (nSPS) is 21.4. The highest BCUT2D eigenvalue weighted by atomic mass is 32.2. The zero-order valence-electron chi connectivity index (χ0n) is 17.5. The van der Waals surface area contributed by atoms with Crippen molar-refractivity contribution in [2.75, 3.05) is 36.9 Å². The fourth-order valence-corrected chi connectivity index (χ4v) is 5.36. The first-order valence-corrected chi connectivity index (χ1v) is 11.2. The Bertz CT molecular complexity index is 932. The molecule has 0 spiro atoms. The molecule has 4 rings (SSSR count). The number of aromatic nitrogens is 2. The van der Waals surface area contributed by atoms with Gasteiger partial charge in [0.2, 0.25) is 5.95 Å². The number of anilines is 2. The number of hydrogen-bond acceptors (Lipinski definition) is 6. The molecule has 1 saturated heterocycles. The highest BCUT2D eigenvalue weighted by molar-refractivity contribution is 8.03. The van der Waals surface area contributed by atoms with E-state index < -0.39 is 0 Å². The number of nitrogens with zero attached hydrogens (tertiary/aromatic N) is 4. The van der Waals surface area contributed by atoms with E-state index in [1.807, 2.05) is 43.6 Å². The van der Waals surface area contributed by atoms with E-state index in [9.17, 15) is 0 Å². The van der Waals surface area contributed by atoms with Crippen molar-refractivity contribution in [1.82, 2.24) is 14.9 Å². The summed E-state index contributed by atoms with van der Waals surface area (Å²) in [6.07, 6.45) is 7.38. The Morgan fingerprint density at radius 2 is 2.23 bits per heavy atom. The van der Waals surface area contributed by atoms with Crippen LogP contribution in [0.4, 0.5) is 15.9 Å². The minimum atomic E-state index is -0.380. The Kier molecular flexibility index (Phi) is 6.27. The molecule has 30 heavy (non-hydrogen) atoms. The minimum absolute atomic E-state index is 0.134. The Balaban J connectivity index is 1.45. The van der Waals surface area contributed by atoms with Crippen molar-refractivity contribution in [2.24, 2.45) is 5.92 Å². The van der Waals surface area contributed by atoms with Crippen LogP contribution in [0.3, 0.4) is 0 Å². The monoisotopic (exact) mass is 425 g/mol. The minimum Gasteiger partial charge on any atom is -0.383 e. The standard InChI is InChI=1S/C23H28FN5S/c1-4-20-19(9-12-26-17-6-5-11-25-14-17)28(3)23(30-20)18-7-8-21(27-22(18)24)29-13-10-16(2)15-29/h4-8,11,14,16,23,26H,1,9-10,12-13,15H2,2-3H3. The lowest BCUT2D eigenvalue weighted by atomic mass is 10.2. The molecule has 2 aromatic rings. The third-order valence-electron chi connectivity index (χ3n) is 5.72. The molecule has 2 unspecified atom stereocenters. The molecular formula is C23H28FN5S. The quantitative estimate of drug-likeness (QED) is 0.627. The van der Waals surface area contributed by atoms with Crippen molar-refractivity contribution >= 4 is 23.3 Å². The van der Waals surface area contributed by atoms with Crippen LogP contribution in [-0.2, 0) is 0 Å². The van der Waals surface area contributed by atoms with Crippen LogP contribution in [-0.4, -0.2) is 41.5 Å². The van der Waals surface area contributed by atoms with Gasteiger partial charge in [-0.25, -0.2) is 4.98 Å². The van der Waals surface area contributed by atoms with Gasteiger partial charge >= 0.3 is 0 Å². The van der Waals surface area contributed by atoms with E-state index in [2.05, 4.69) is 38.6 Å². The molecule has 4 heterocycles. The van der Waals surface area contributed by atoms with Crippen LogP contribution in [0.5, 0.6) is 0 Å². The molecular weight excluding hydrogens is 397 g/mol.